The standard InChI is InChI=1S/C14H13N/c1-10-6-7-11-4-3-5-12-8-9-15(2)14(10)13(11)12/h3-9H,1-2H3. The van der Waals surface area contributed by atoms with Gasteiger partial charge in [0.05, 0.1) is 5.69 Å². The zero-order valence-electron chi connectivity index (χ0n) is 8.99. The molecule has 0 amide bonds. The first-order valence-electron chi connectivity index (χ1n) is 5.21. The fraction of sp³-hybridized carbons (Fsp3) is 0.143. The minimum Gasteiger partial charge on any atom is -0.350 e. The molecule has 1 heteroatoms. The Morgan fingerprint density at radius 2 is 1.93 bits per heavy atom. The van der Waals surface area contributed by atoms with Gasteiger partial charge < -0.3 is 4.90 Å². The topological polar surface area (TPSA) is 3.24 Å². The van der Waals surface area contributed by atoms with Gasteiger partial charge in [0.2, 0.25) is 0 Å². The summed E-state index contributed by atoms with van der Waals surface area (Å²) in [6, 6.07) is 10.9. The van der Waals surface area contributed by atoms with Crippen LogP contribution < -0.4 is 4.90 Å². The van der Waals surface area contributed by atoms with Crippen molar-refractivity contribution in [3.05, 3.63) is 47.7 Å². The quantitative estimate of drug-likeness (QED) is 0.621. The van der Waals surface area contributed by atoms with Crippen molar-refractivity contribution >= 4 is 22.5 Å². The first kappa shape index (κ1) is 8.54. The van der Waals surface area contributed by atoms with E-state index < -0.39 is 0 Å². The Bertz CT molecular complexity index is 567. The Balaban J connectivity index is 2.54. The molecule has 2 aromatic rings. The molecule has 1 aliphatic rings. The zero-order valence-corrected chi connectivity index (χ0v) is 8.99. The highest BCUT2D eigenvalue weighted by molar-refractivity contribution is 6.03. The van der Waals surface area contributed by atoms with Crippen LogP contribution in [0.15, 0.2) is 36.5 Å². The van der Waals surface area contributed by atoms with Crippen molar-refractivity contribution in [2.75, 3.05) is 11.9 Å². The van der Waals surface area contributed by atoms with E-state index in [4.69, 9.17) is 0 Å². The molecule has 3 rings (SSSR count). The minimum atomic E-state index is 1.32. The van der Waals surface area contributed by atoms with Gasteiger partial charge in [-0.25, -0.2) is 0 Å². The molecular weight excluding hydrogens is 182 g/mol. The van der Waals surface area contributed by atoms with Gasteiger partial charge in [0.1, 0.15) is 0 Å². The van der Waals surface area contributed by atoms with E-state index in [2.05, 4.69) is 61.5 Å². The van der Waals surface area contributed by atoms with E-state index in [0.717, 1.165) is 0 Å². The summed E-state index contributed by atoms with van der Waals surface area (Å²) in [7, 11) is 2.11. The van der Waals surface area contributed by atoms with Crippen LogP contribution in [0.1, 0.15) is 11.1 Å². The average Bonchev–Trinajstić information content (AvgIpc) is 2.25. The number of rotatable bonds is 0. The van der Waals surface area contributed by atoms with Crippen molar-refractivity contribution in [2.24, 2.45) is 0 Å². The highest BCUT2D eigenvalue weighted by Crippen LogP contribution is 2.36. The molecule has 0 radical (unpaired) electrons. The Hall–Kier alpha value is -1.76. The Labute approximate surface area is 89.6 Å². The van der Waals surface area contributed by atoms with Crippen LogP contribution in [-0.2, 0) is 0 Å². The van der Waals surface area contributed by atoms with Gasteiger partial charge in [0, 0.05) is 18.6 Å². The maximum absolute atomic E-state index is 2.20. The van der Waals surface area contributed by atoms with Crippen LogP contribution in [-0.4, -0.2) is 7.05 Å². The number of aryl methyl sites for hydroxylation is 1. The number of anilines is 1. The van der Waals surface area contributed by atoms with Crippen LogP contribution in [0.25, 0.3) is 16.8 Å². The third-order valence-corrected chi connectivity index (χ3v) is 3.08. The van der Waals surface area contributed by atoms with Gasteiger partial charge >= 0.3 is 0 Å². The summed E-state index contributed by atoms with van der Waals surface area (Å²) >= 11 is 0. The van der Waals surface area contributed by atoms with Gasteiger partial charge in [-0.3, -0.25) is 0 Å². The fourth-order valence-corrected chi connectivity index (χ4v) is 2.35. The Morgan fingerprint density at radius 1 is 1.07 bits per heavy atom. The number of hydrogen-bond acceptors (Lipinski definition) is 1. The van der Waals surface area contributed by atoms with Crippen LogP contribution in [0.2, 0.25) is 0 Å². The summed E-state index contributed by atoms with van der Waals surface area (Å²) in [6.07, 6.45) is 4.30. The largest absolute Gasteiger partial charge is 0.350 e. The van der Waals surface area contributed by atoms with Gasteiger partial charge in [-0.15, -0.1) is 0 Å². The second-order valence-electron chi connectivity index (χ2n) is 4.10. The Kier molecular flexibility index (Phi) is 1.63. The summed E-state index contributed by atoms with van der Waals surface area (Å²) in [4.78, 5) is 2.20. The molecule has 0 N–H and O–H groups in total. The van der Waals surface area contributed by atoms with Crippen LogP contribution in [0, 0.1) is 6.92 Å². The van der Waals surface area contributed by atoms with Gasteiger partial charge in [-0.05, 0) is 29.5 Å². The van der Waals surface area contributed by atoms with Crippen molar-refractivity contribution in [2.45, 2.75) is 6.92 Å². The van der Waals surface area contributed by atoms with E-state index in [9.17, 15) is 0 Å². The molecule has 1 aliphatic heterocycles. The van der Waals surface area contributed by atoms with E-state index in [1.165, 1.54) is 27.6 Å². The predicted octanol–water partition coefficient (Wildman–Crippen LogP) is 3.57. The second kappa shape index (κ2) is 2.86. The molecular formula is C14H13N. The maximum atomic E-state index is 2.20. The van der Waals surface area contributed by atoms with Crippen molar-refractivity contribution in [3.8, 4) is 0 Å². The summed E-state index contributed by atoms with van der Waals surface area (Å²) in [5.41, 5.74) is 4.00. The molecule has 0 fully saturated rings. The van der Waals surface area contributed by atoms with E-state index >= 15 is 0 Å². The molecule has 0 saturated carbocycles. The minimum absolute atomic E-state index is 1.32. The molecule has 15 heavy (non-hydrogen) atoms. The highest BCUT2D eigenvalue weighted by atomic mass is 15.1. The van der Waals surface area contributed by atoms with E-state index in [-0.39, 0.29) is 0 Å². The smallest absolute Gasteiger partial charge is 0.0518 e. The SMILES string of the molecule is Cc1ccc2cccc3c2c1N(C)C=C3. The van der Waals surface area contributed by atoms with E-state index in [1.807, 2.05) is 0 Å². The molecule has 0 aromatic heterocycles. The summed E-state index contributed by atoms with van der Waals surface area (Å²) in [6.45, 7) is 2.17. The van der Waals surface area contributed by atoms with Crippen molar-refractivity contribution in [1.82, 2.24) is 0 Å². The monoisotopic (exact) mass is 195 g/mol. The lowest BCUT2D eigenvalue weighted by molar-refractivity contribution is 1.19. The van der Waals surface area contributed by atoms with Gasteiger partial charge in [-0.1, -0.05) is 30.3 Å². The average molecular weight is 195 g/mol. The molecule has 0 unspecified atom stereocenters. The number of hydrogen-bond donors (Lipinski definition) is 0. The zero-order chi connectivity index (χ0) is 10.4. The number of nitrogens with zero attached hydrogens (tertiary/aromatic N) is 1. The maximum Gasteiger partial charge on any atom is 0.0518 e. The van der Waals surface area contributed by atoms with E-state index in [1.54, 1.807) is 0 Å². The van der Waals surface area contributed by atoms with E-state index in [0.29, 0.717) is 0 Å². The summed E-state index contributed by atoms with van der Waals surface area (Å²) < 4.78 is 0. The molecule has 74 valence electrons. The van der Waals surface area contributed by atoms with Crippen LogP contribution in [0.5, 0.6) is 0 Å². The third-order valence-electron chi connectivity index (χ3n) is 3.08. The third kappa shape index (κ3) is 1.09. The molecule has 0 saturated heterocycles. The van der Waals surface area contributed by atoms with Gasteiger partial charge in [0.25, 0.3) is 0 Å². The number of benzene rings is 2. The first-order chi connectivity index (χ1) is 7.27. The van der Waals surface area contributed by atoms with Crippen molar-refractivity contribution in [1.29, 1.82) is 0 Å². The lowest BCUT2D eigenvalue weighted by atomic mass is 9.97. The van der Waals surface area contributed by atoms with Crippen LogP contribution in [0.4, 0.5) is 5.69 Å². The summed E-state index contributed by atoms with van der Waals surface area (Å²) in [5.74, 6) is 0. The second-order valence-corrected chi connectivity index (χ2v) is 4.10. The summed E-state index contributed by atoms with van der Waals surface area (Å²) in [5, 5.41) is 2.70. The lowest BCUT2D eigenvalue weighted by Gasteiger charge is -2.24. The first-order valence-corrected chi connectivity index (χ1v) is 5.21. The molecule has 0 atom stereocenters. The normalized spacial score (nSPS) is 13.6. The van der Waals surface area contributed by atoms with Gasteiger partial charge in [0.15, 0.2) is 0 Å². The fourth-order valence-electron chi connectivity index (χ4n) is 2.35. The van der Waals surface area contributed by atoms with Crippen molar-refractivity contribution in [3.63, 3.8) is 0 Å². The molecule has 0 spiro atoms. The molecule has 1 nitrogen and oxygen atoms in total. The molecule has 1 heterocycles. The van der Waals surface area contributed by atoms with Gasteiger partial charge in [-0.2, -0.15) is 0 Å². The highest BCUT2D eigenvalue weighted by Gasteiger charge is 2.13. The Morgan fingerprint density at radius 3 is 2.80 bits per heavy atom. The molecule has 0 bridgehead atoms. The molecule has 2 aromatic carbocycles. The molecule has 0 aliphatic carbocycles. The lowest BCUT2D eigenvalue weighted by Crippen LogP contribution is -2.12. The van der Waals surface area contributed by atoms with Crippen LogP contribution >= 0.6 is 0 Å². The van der Waals surface area contributed by atoms with Crippen LogP contribution in [0.3, 0.4) is 0 Å². The predicted molar refractivity (Wildman–Crippen MR) is 66.1 cm³/mol. The van der Waals surface area contributed by atoms with Crippen molar-refractivity contribution < 1.29 is 0 Å².